The molecular weight excluding hydrogens is 949 g/mol. The molecule has 2 N–H and O–H groups in total. The van der Waals surface area contributed by atoms with Crippen LogP contribution in [0.25, 0.3) is 0 Å². The monoisotopic (exact) mass is 1020 g/mol. The number of aliphatic hydroxyl groups excluding tert-OH is 2. The summed E-state index contributed by atoms with van der Waals surface area (Å²) in [5, 5.41) is 25.2. The predicted molar refractivity (Wildman–Crippen MR) is 278 cm³/mol. The van der Waals surface area contributed by atoms with Gasteiger partial charge in [0.25, 0.3) is 0 Å². The molecule has 390 valence electrons. The fraction of sp³-hybridized carbons (Fsp3) is 0.483. The topological polar surface area (TPSA) is 156 Å². The average Bonchev–Trinajstić information content (AvgIpc) is 3.90. The van der Waals surface area contributed by atoms with Crippen LogP contribution in [0, 0.1) is 17.8 Å². The molecule has 0 spiro atoms. The molecule has 3 heterocycles. The lowest BCUT2D eigenvalue weighted by Crippen LogP contribution is -2.70. The Bertz CT molecular complexity index is 2470. The van der Waals surface area contributed by atoms with E-state index < -0.39 is 30.1 Å². The van der Waals surface area contributed by atoms with Gasteiger partial charge in [-0.15, -0.1) is 18.3 Å². The van der Waals surface area contributed by atoms with Gasteiger partial charge in [-0.05, 0) is 110 Å². The number of oxime groups is 1. The second-order valence-corrected chi connectivity index (χ2v) is 20.3. The molecule has 2 fully saturated rings. The third-order valence-electron chi connectivity index (χ3n) is 14.4. The summed E-state index contributed by atoms with van der Waals surface area (Å²) in [6, 6.07) is 31.0. The first-order valence-electron chi connectivity index (χ1n) is 26.1. The number of fused-ring (bicyclic) bond motifs is 3. The molecule has 1 saturated heterocycles. The van der Waals surface area contributed by atoms with Crippen molar-refractivity contribution in [2.24, 2.45) is 22.9 Å². The van der Waals surface area contributed by atoms with Crippen LogP contribution < -0.4 is 18.9 Å². The molecule has 2 aliphatic carbocycles. The average molecular weight is 1020 g/mol. The summed E-state index contributed by atoms with van der Waals surface area (Å²) in [5.41, 5.74) is 4.36. The number of ether oxygens (including phenoxy) is 8. The summed E-state index contributed by atoms with van der Waals surface area (Å²) in [6.45, 7) is 6.19. The van der Waals surface area contributed by atoms with Gasteiger partial charge in [0.15, 0.2) is 11.5 Å². The number of carbonyl (C=O) groups is 1. The van der Waals surface area contributed by atoms with Crippen molar-refractivity contribution in [3.8, 4) is 23.0 Å². The highest BCUT2D eigenvalue weighted by Gasteiger charge is 2.66. The van der Waals surface area contributed by atoms with E-state index in [2.05, 4.69) is 30.9 Å². The maximum absolute atomic E-state index is 15.2. The van der Waals surface area contributed by atoms with Gasteiger partial charge in [-0.1, -0.05) is 84.7 Å². The summed E-state index contributed by atoms with van der Waals surface area (Å²) in [4.78, 5) is 24.5. The third kappa shape index (κ3) is 12.9. The van der Waals surface area contributed by atoms with Gasteiger partial charge in [0.1, 0.15) is 24.1 Å². The molecule has 5 aliphatic rings. The Kier molecular flexibility index (Phi) is 18.7. The normalized spacial score (nSPS) is 24.1. The van der Waals surface area contributed by atoms with E-state index in [0.29, 0.717) is 62.0 Å². The van der Waals surface area contributed by atoms with Crippen LogP contribution in [0.3, 0.4) is 0 Å². The fourth-order valence-corrected chi connectivity index (χ4v) is 11.8. The highest BCUT2D eigenvalue weighted by atomic mass is 32.2. The molecule has 0 aromatic heterocycles. The SMILES string of the molecule is C=CCOC12Oc3ccc(OCCSc4ccccc4)cc3C3C(CCCCO)C(CCCCO)C=C(C(=NOC4CCCCO4)CC1N(Cc1ccc4c(c1)OCO4)C(=O)OCCOCc1ccccc1)C32. The first kappa shape index (κ1) is 52.3. The van der Waals surface area contributed by atoms with Gasteiger partial charge in [-0.2, -0.15) is 0 Å². The van der Waals surface area contributed by atoms with E-state index in [1.54, 1.807) is 22.7 Å². The molecule has 73 heavy (non-hydrogen) atoms. The summed E-state index contributed by atoms with van der Waals surface area (Å²) in [5.74, 6) is 1.09. The number of carbonyl (C=O) groups excluding carboxylic acids is 1. The van der Waals surface area contributed by atoms with Gasteiger partial charge in [0.05, 0.1) is 44.7 Å². The number of thioether (sulfide) groups is 1. The van der Waals surface area contributed by atoms with Crippen LogP contribution in [0.1, 0.15) is 86.8 Å². The van der Waals surface area contributed by atoms with E-state index in [1.807, 2.05) is 78.9 Å². The van der Waals surface area contributed by atoms with E-state index in [-0.39, 0.29) is 70.5 Å². The maximum atomic E-state index is 15.2. The molecule has 7 unspecified atom stereocenters. The van der Waals surface area contributed by atoms with Crippen LogP contribution in [0.2, 0.25) is 0 Å². The number of allylic oxidation sites excluding steroid dienone is 1. The van der Waals surface area contributed by atoms with Gasteiger partial charge < -0.3 is 52.9 Å². The van der Waals surface area contributed by atoms with Crippen LogP contribution in [0.5, 0.6) is 23.0 Å². The number of hydrogen-bond acceptors (Lipinski definition) is 14. The van der Waals surface area contributed by atoms with Gasteiger partial charge in [-0.3, -0.25) is 4.90 Å². The maximum Gasteiger partial charge on any atom is 0.410 e. The minimum Gasteiger partial charge on any atom is -0.493 e. The number of amides is 1. The van der Waals surface area contributed by atoms with E-state index in [9.17, 15) is 10.2 Å². The van der Waals surface area contributed by atoms with E-state index in [4.69, 9.17) is 47.9 Å². The Balaban J connectivity index is 1.15. The standard InChI is InChI=1S/C58H70N2O12S/c1-2-28-70-58-53(60(38-42-22-24-51-52(34-42)69-40-68-51)57(63)67-31-30-64-39-41-15-5-3-6-16-41)37-49(59-72-54-21-11-14-29-66-54)47-35-43(17-9-12-26-61)46(20-10-13-27-62)55(56(47)58)48-36-44(23-25-50(48)71-58)65-32-33-73-45-18-7-4-8-19-45/h2-8,15-16,18-19,22-25,34-36,43,46,53-56,61-62H,1,9-14,17,20-21,26-33,37-40H2. The van der Waals surface area contributed by atoms with Crippen LogP contribution in [0.15, 0.2) is 131 Å². The molecular formula is C58H70N2O12S. The van der Waals surface area contributed by atoms with Crippen LogP contribution in [-0.4, -0.2) is 104 Å². The summed E-state index contributed by atoms with van der Waals surface area (Å²) < 4.78 is 51.1. The summed E-state index contributed by atoms with van der Waals surface area (Å²) in [6.07, 6.45) is 10.3. The molecule has 14 nitrogen and oxygen atoms in total. The van der Waals surface area contributed by atoms with Gasteiger partial charge >= 0.3 is 6.09 Å². The Morgan fingerprint density at radius 3 is 2.45 bits per heavy atom. The van der Waals surface area contributed by atoms with Gasteiger partial charge in [-0.25, -0.2) is 4.79 Å². The summed E-state index contributed by atoms with van der Waals surface area (Å²) in [7, 11) is 0. The zero-order valence-corrected chi connectivity index (χ0v) is 42.5. The Morgan fingerprint density at radius 2 is 1.66 bits per heavy atom. The number of rotatable bonds is 26. The molecule has 1 amide bonds. The third-order valence-corrected chi connectivity index (χ3v) is 15.4. The van der Waals surface area contributed by atoms with Crippen LogP contribution in [0.4, 0.5) is 4.79 Å². The second-order valence-electron chi connectivity index (χ2n) is 19.2. The Morgan fingerprint density at radius 1 is 0.863 bits per heavy atom. The fourth-order valence-electron chi connectivity index (χ4n) is 11.1. The Labute approximate surface area is 433 Å². The number of hydrogen-bond donors (Lipinski definition) is 2. The molecule has 9 rings (SSSR count). The van der Waals surface area contributed by atoms with Crippen molar-refractivity contribution in [2.75, 3.05) is 58.8 Å². The van der Waals surface area contributed by atoms with Crippen LogP contribution in [-0.2, 0) is 36.9 Å². The lowest BCUT2D eigenvalue weighted by molar-refractivity contribution is -0.256. The van der Waals surface area contributed by atoms with Crippen molar-refractivity contribution in [3.05, 3.63) is 138 Å². The summed E-state index contributed by atoms with van der Waals surface area (Å²) >= 11 is 1.74. The highest BCUT2D eigenvalue weighted by Crippen LogP contribution is 2.62. The van der Waals surface area contributed by atoms with Crippen LogP contribution >= 0.6 is 11.8 Å². The molecule has 0 bridgehead atoms. The van der Waals surface area contributed by atoms with Crippen molar-refractivity contribution in [1.29, 1.82) is 0 Å². The second kappa shape index (κ2) is 26.1. The number of unbranched alkanes of at least 4 members (excludes halogenated alkanes) is 2. The minimum absolute atomic E-state index is 0.00437. The number of benzene rings is 4. The molecule has 15 heteroatoms. The van der Waals surface area contributed by atoms with E-state index in [0.717, 1.165) is 72.3 Å². The largest absolute Gasteiger partial charge is 0.493 e. The number of nitrogens with zero attached hydrogens (tertiary/aromatic N) is 2. The first-order valence-corrected chi connectivity index (χ1v) is 27.1. The van der Waals surface area contributed by atoms with Crippen molar-refractivity contribution in [1.82, 2.24) is 4.90 Å². The lowest BCUT2D eigenvalue weighted by atomic mass is 9.55. The quantitative estimate of drug-likeness (QED) is 0.0265. The first-order chi connectivity index (χ1) is 36.0. The minimum atomic E-state index is -1.52. The number of aliphatic hydroxyl groups is 2. The van der Waals surface area contributed by atoms with Crippen molar-refractivity contribution < 1.29 is 57.7 Å². The van der Waals surface area contributed by atoms with Crippen molar-refractivity contribution in [2.45, 2.75) is 106 Å². The van der Waals surface area contributed by atoms with E-state index in [1.165, 1.54) is 4.90 Å². The molecule has 3 aliphatic heterocycles. The van der Waals surface area contributed by atoms with Gasteiger partial charge in [0.2, 0.25) is 18.9 Å². The zero-order chi connectivity index (χ0) is 50.2. The Hall–Kier alpha value is -5.55. The van der Waals surface area contributed by atoms with Crippen molar-refractivity contribution in [3.63, 3.8) is 0 Å². The highest BCUT2D eigenvalue weighted by molar-refractivity contribution is 7.99. The van der Waals surface area contributed by atoms with Crippen molar-refractivity contribution >= 4 is 23.6 Å². The molecule has 1 saturated carbocycles. The smallest absolute Gasteiger partial charge is 0.410 e. The molecule has 7 atom stereocenters. The molecule has 4 aromatic rings. The molecule has 0 radical (unpaired) electrons. The van der Waals surface area contributed by atoms with Gasteiger partial charge in [0, 0.05) is 54.7 Å². The molecule has 4 aromatic carbocycles. The van der Waals surface area contributed by atoms with E-state index >= 15 is 4.79 Å². The predicted octanol–water partition coefficient (Wildman–Crippen LogP) is 10.6. The lowest BCUT2D eigenvalue weighted by Gasteiger charge is -2.60. The zero-order valence-electron chi connectivity index (χ0n) is 41.7.